The van der Waals surface area contributed by atoms with Crippen LogP contribution in [0.5, 0.6) is 5.88 Å². The molecule has 4 nitrogen and oxygen atoms in total. The van der Waals surface area contributed by atoms with Crippen LogP contribution in [-0.2, 0) is 0 Å². The zero-order valence-corrected chi connectivity index (χ0v) is 9.34. The molecule has 1 aromatic heterocycles. The van der Waals surface area contributed by atoms with Crippen LogP contribution in [0.4, 0.5) is 0 Å². The Labute approximate surface area is 94.7 Å². The number of aromatic nitrogens is 2. The molecule has 3 atom stereocenters. The minimum absolute atomic E-state index is 0.342. The second-order valence-corrected chi connectivity index (χ2v) is 4.88. The quantitative estimate of drug-likeness (QED) is 0.840. The normalized spacial score (nSPS) is 33.2. The van der Waals surface area contributed by atoms with Gasteiger partial charge in [0.15, 0.2) is 0 Å². The van der Waals surface area contributed by atoms with Crippen LogP contribution < -0.4 is 4.74 Å². The minimum atomic E-state index is -0.517. The number of nitrogens with zero attached hydrogens (tertiary/aromatic N) is 2. The standard InChI is InChI=1S/C12H16N2O2/c1-16-12-10(13-2-3-14-12)11(15)9-5-7-4-8(7)6-9/h2-3,7-9,11,15H,4-6H2,1H3. The Morgan fingerprint density at radius 1 is 1.25 bits per heavy atom. The molecule has 0 aliphatic heterocycles. The molecule has 3 rings (SSSR count). The molecule has 2 fully saturated rings. The van der Waals surface area contributed by atoms with Gasteiger partial charge in [-0.05, 0) is 37.0 Å². The SMILES string of the molecule is COc1nccnc1C(O)C1CC2CC2C1. The number of hydrogen-bond acceptors (Lipinski definition) is 4. The number of rotatable bonds is 3. The highest BCUT2D eigenvalue weighted by Crippen LogP contribution is 2.57. The van der Waals surface area contributed by atoms with E-state index >= 15 is 0 Å². The third kappa shape index (κ3) is 1.57. The predicted molar refractivity (Wildman–Crippen MR) is 57.9 cm³/mol. The van der Waals surface area contributed by atoms with Gasteiger partial charge in [-0.3, -0.25) is 4.98 Å². The van der Waals surface area contributed by atoms with Crippen LogP contribution in [0.25, 0.3) is 0 Å². The van der Waals surface area contributed by atoms with Crippen molar-refractivity contribution in [3.8, 4) is 5.88 Å². The lowest BCUT2D eigenvalue weighted by atomic mass is 9.94. The van der Waals surface area contributed by atoms with Gasteiger partial charge < -0.3 is 9.84 Å². The van der Waals surface area contributed by atoms with E-state index in [0.717, 1.165) is 24.7 Å². The fraction of sp³-hybridized carbons (Fsp3) is 0.667. The molecule has 1 aromatic rings. The fourth-order valence-electron chi connectivity index (χ4n) is 2.94. The van der Waals surface area contributed by atoms with Crippen LogP contribution in [0, 0.1) is 17.8 Å². The molecule has 1 N–H and O–H groups in total. The number of aliphatic hydroxyl groups is 1. The molecule has 2 aliphatic rings. The van der Waals surface area contributed by atoms with Crippen molar-refractivity contribution in [3.05, 3.63) is 18.1 Å². The Kier molecular flexibility index (Phi) is 2.32. The zero-order valence-electron chi connectivity index (χ0n) is 9.34. The molecule has 16 heavy (non-hydrogen) atoms. The van der Waals surface area contributed by atoms with E-state index in [4.69, 9.17) is 4.74 Å². The monoisotopic (exact) mass is 220 g/mol. The fourth-order valence-corrected chi connectivity index (χ4v) is 2.94. The second-order valence-electron chi connectivity index (χ2n) is 4.88. The van der Waals surface area contributed by atoms with Crippen LogP contribution >= 0.6 is 0 Å². The van der Waals surface area contributed by atoms with Gasteiger partial charge in [-0.25, -0.2) is 4.98 Å². The zero-order chi connectivity index (χ0) is 11.1. The average Bonchev–Trinajstić information content (AvgIpc) is 2.95. The van der Waals surface area contributed by atoms with Gasteiger partial charge in [0.1, 0.15) is 11.8 Å². The first kappa shape index (κ1) is 10.0. The van der Waals surface area contributed by atoms with Crippen molar-refractivity contribution < 1.29 is 9.84 Å². The summed E-state index contributed by atoms with van der Waals surface area (Å²) in [6.07, 6.45) is 6.30. The molecule has 1 heterocycles. The van der Waals surface area contributed by atoms with Gasteiger partial charge in [0, 0.05) is 12.4 Å². The van der Waals surface area contributed by atoms with E-state index in [1.807, 2.05) is 0 Å². The maximum absolute atomic E-state index is 10.3. The molecule has 0 bridgehead atoms. The first-order valence-electron chi connectivity index (χ1n) is 5.82. The molecule has 0 saturated heterocycles. The summed E-state index contributed by atoms with van der Waals surface area (Å²) in [6.45, 7) is 0. The lowest BCUT2D eigenvalue weighted by Crippen LogP contribution is -2.14. The Hall–Kier alpha value is -1.16. The highest BCUT2D eigenvalue weighted by Gasteiger charge is 2.48. The molecule has 2 aliphatic carbocycles. The molecule has 0 spiro atoms. The molecule has 2 saturated carbocycles. The first-order chi connectivity index (χ1) is 7.79. The van der Waals surface area contributed by atoms with Gasteiger partial charge in [-0.1, -0.05) is 0 Å². The summed E-state index contributed by atoms with van der Waals surface area (Å²) in [6, 6.07) is 0. The average molecular weight is 220 g/mol. The van der Waals surface area contributed by atoms with Crippen molar-refractivity contribution in [2.45, 2.75) is 25.4 Å². The Bertz CT molecular complexity index is 386. The van der Waals surface area contributed by atoms with Gasteiger partial charge in [-0.15, -0.1) is 0 Å². The summed E-state index contributed by atoms with van der Waals surface area (Å²) in [5.74, 6) is 2.52. The van der Waals surface area contributed by atoms with E-state index in [2.05, 4.69) is 9.97 Å². The topological polar surface area (TPSA) is 55.2 Å². The molecule has 0 aromatic carbocycles. The Morgan fingerprint density at radius 2 is 1.94 bits per heavy atom. The molecule has 86 valence electrons. The second kappa shape index (κ2) is 3.70. The van der Waals surface area contributed by atoms with Crippen molar-refractivity contribution in [1.29, 1.82) is 0 Å². The van der Waals surface area contributed by atoms with E-state index in [9.17, 15) is 5.11 Å². The first-order valence-corrected chi connectivity index (χ1v) is 5.82. The van der Waals surface area contributed by atoms with Gasteiger partial charge in [0.25, 0.3) is 0 Å². The van der Waals surface area contributed by atoms with Crippen molar-refractivity contribution in [1.82, 2.24) is 9.97 Å². The summed E-state index contributed by atoms with van der Waals surface area (Å²) < 4.78 is 5.13. The van der Waals surface area contributed by atoms with Crippen LogP contribution in [0.15, 0.2) is 12.4 Å². The van der Waals surface area contributed by atoms with Crippen molar-refractivity contribution >= 4 is 0 Å². The van der Waals surface area contributed by atoms with E-state index in [-0.39, 0.29) is 0 Å². The number of hydrogen-bond donors (Lipinski definition) is 1. The summed E-state index contributed by atoms with van der Waals surface area (Å²) in [4.78, 5) is 8.27. The van der Waals surface area contributed by atoms with Crippen molar-refractivity contribution in [2.75, 3.05) is 7.11 Å². The van der Waals surface area contributed by atoms with Crippen LogP contribution in [-0.4, -0.2) is 22.2 Å². The number of fused-ring (bicyclic) bond motifs is 1. The number of aliphatic hydroxyl groups excluding tert-OH is 1. The minimum Gasteiger partial charge on any atom is -0.480 e. The molecule has 0 amide bonds. The summed E-state index contributed by atoms with van der Waals surface area (Å²) in [5.41, 5.74) is 0.594. The predicted octanol–water partition coefficient (Wildman–Crippen LogP) is 1.56. The lowest BCUT2D eigenvalue weighted by Gasteiger charge is -2.19. The van der Waals surface area contributed by atoms with Crippen LogP contribution in [0.1, 0.15) is 31.1 Å². The summed E-state index contributed by atoms with van der Waals surface area (Å²) in [5, 5.41) is 10.3. The summed E-state index contributed by atoms with van der Waals surface area (Å²) >= 11 is 0. The van der Waals surface area contributed by atoms with E-state index in [1.165, 1.54) is 6.42 Å². The maximum Gasteiger partial charge on any atom is 0.238 e. The largest absolute Gasteiger partial charge is 0.480 e. The molecule has 4 heteroatoms. The molecule has 3 unspecified atom stereocenters. The van der Waals surface area contributed by atoms with Crippen molar-refractivity contribution in [3.63, 3.8) is 0 Å². The molecular formula is C12H16N2O2. The van der Waals surface area contributed by atoms with E-state index < -0.39 is 6.10 Å². The Balaban J connectivity index is 1.80. The number of methoxy groups -OCH3 is 1. The van der Waals surface area contributed by atoms with Gasteiger partial charge in [-0.2, -0.15) is 0 Å². The van der Waals surface area contributed by atoms with Gasteiger partial charge in [0.2, 0.25) is 5.88 Å². The number of ether oxygens (including phenoxy) is 1. The van der Waals surface area contributed by atoms with Crippen LogP contribution in [0.2, 0.25) is 0 Å². The smallest absolute Gasteiger partial charge is 0.238 e. The van der Waals surface area contributed by atoms with E-state index in [0.29, 0.717) is 17.5 Å². The molecule has 0 radical (unpaired) electrons. The Morgan fingerprint density at radius 3 is 2.62 bits per heavy atom. The third-order valence-corrected chi connectivity index (χ3v) is 3.89. The molecular weight excluding hydrogens is 204 g/mol. The lowest BCUT2D eigenvalue weighted by molar-refractivity contribution is 0.0964. The van der Waals surface area contributed by atoms with Gasteiger partial charge in [0.05, 0.1) is 7.11 Å². The highest BCUT2D eigenvalue weighted by atomic mass is 16.5. The van der Waals surface area contributed by atoms with Crippen LogP contribution in [0.3, 0.4) is 0 Å². The highest BCUT2D eigenvalue weighted by molar-refractivity contribution is 5.21. The summed E-state index contributed by atoms with van der Waals surface area (Å²) in [7, 11) is 1.56. The third-order valence-electron chi connectivity index (χ3n) is 3.89. The van der Waals surface area contributed by atoms with Gasteiger partial charge >= 0.3 is 0 Å². The van der Waals surface area contributed by atoms with E-state index in [1.54, 1.807) is 19.5 Å². The van der Waals surface area contributed by atoms with Crippen molar-refractivity contribution in [2.24, 2.45) is 17.8 Å². The maximum atomic E-state index is 10.3.